The van der Waals surface area contributed by atoms with Gasteiger partial charge >= 0.3 is 0 Å². The van der Waals surface area contributed by atoms with E-state index in [1.54, 1.807) is 10.8 Å². The lowest BCUT2D eigenvalue weighted by molar-refractivity contribution is 0.603. The molecule has 0 N–H and O–H groups in total. The summed E-state index contributed by atoms with van der Waals surface area (Å²) in [6.45, 7) is 4.76. The van der Waals surface area contributed by atoms with E-state index in [9.17, 15) is 0 Å². The third-order valence-corrected chi connectivity index (χ3v) is 3.75. The molecular weight excluding hydrogens is 296 g/mol. The molecule has 2 aromatic heterocycles. The van der Waals surface area contributed by atoms with E-state index in [1.807, 2.05) is 34.9 Å². The first-order valence-electron chi connectivity index (χ1n) is 6.89. The lowest BCUT2D eigenvalue weighted by atomic mass is 10.2. The summed E-state index contributed by atoms with van der Waals surface area (Å²) in [7, 11) is 0. The van der Waals surface area contributed by atoms with Crippen LogP contribution in [0.25, 0.3) is 22.6 Å². The quantitative estimate of drug-likeness (QED) is 0.529. The number of furan rings is 1. The van der Waals surface area contributed by atoms with Crippen LogP contribution in [0, 0.1) is 16.1 Å². The van der Waals surface area contributed by atoms with Crippen LogP contribution in [0.2, 0.25) is 0 Å². The predicted octanol–water partition coefficient (Wildman–Crippen LogP) is 3.93. The van der Waals surface area contributed by atoms with Gasteiger partial charge in [-0.1, -0.05) is 24.3 Å². The Morgan fingerprint density at radius 1 is 1.41 bits per heavy atom. The first-order chi connectivity index (χ1) is 10.7. The van der Waals surface area contributed by atoms with Gasteiger partial charge in [0, 0.05) is 11.9 Å². The van der Waals surface area contributed by atoms with Gasteiger partial charge in [0.05, 0.1) is 19.0 Å². The summed E-state index contributed by atoms with van der Waals surface area (Å²) in [6.07, 6.45) is 2.12. The molecule has 0 saturated heterocycles. The molecule has 2 heterocycles. The third-order valence-electron chi connectivity index (χ3n) is 3.32. The van der Waals surface area contributed by atoms with E-state index >= 15 is 0 Å². The van der Waals surface area contributed by atoms with E-state index in [-0.39, 0.29) is 0 Å². The van der Waals surface area contributed by atoms with E-state index in [1.165, 1.54) is 0 Å². The highest BCUT2D eigenvalue weighted by Gasteiger charge is 2.15. The van der Waals surface area contributed by atoms with E-state index in [0.717, 1.165) is 11.0 Å². The first-order valence-corrected chi connectivity index (χ1v) is 7.30. The minimum absolute atomic E-state index is 0.360. The lowest BCUT2D eigenvalue weighted by Gasteiger charge is -1.99. The Labute approximate surface area is 132 Å². The summed E-state index contributed by atoms with van der Waals surface area (Å²) in [5.41, 5.74) is 0.806. The third kappa shape index (κ3) is 2.47. The van der Waals surface area contributed by atoms with Crippen LogP contribution in [0.4, 0.5) is 0 Å². The van der Waals surface area contributed by atoms with Crippen molar-refractivity contribution >= 4 is 23.2 Å². The molecule has 0 spiro atoms. The minimum Gasteiger partial charge on any atom is -0.453 e. The average molecular weight is 310 g/mol. The van der Waals surface area contributed by atoms with Gasteiger partial charge in [0.1, 0.15) is 5.58 Å². The van der Waals surface area contributed by atoms with Crippen molar-refractivity contribution in [3.63, 3.8) is 0 Å². The minimum atomic E-state index is 0.360. The van der Waals surface area contributed by atoms with Crippen molar-refractivity contribution in [2.24, 2.45) is 0 Å². The van der Waals surface area contributed by atoms with Gasteiger partial charge in [0.2, 0.25) is 0 Å². The van der Waals surface area contributed by atoms with Crippen molar-refractivity contribution in [2.75, 3.05) is 0 Å². The number of nitrogens with zero attached hydrogens (tertiary/aromatic N) is 4. The van der Waals surface area contributed by atoms with Crippen molar-refractivity contribution < 1.29 is 4.42 Å². The van der Waals surface area contributed by atoms with E-state index in [0.29, 0.717) is 35.9 Å². The Morgan fingerprint density at radius 3 is 2.95 bits per heavy atom. The van der Waals surface area contributed by atoms with Gasteiger partial charge in [0.25, 0.3) is 0 Å². The van der Waals surface area contributed by atoms with Crippen LogP contribution in [0.1, 0.15) is 6.42 Å². The fraction of sp³-hybridized carbons (Fsp3) is 0.188. The summed E-state index contributed by atoms with van der Waals surface area (Å²) in [5, 5.41) is 14.3. The molecule has 1 aromatic carbocycles. The average Bonchev–Trinajstić information content (AvgIpc) is 3.08. The molecule has 0 aliphatic heterocycles. The van der Waals surface area contributed by atoms with Crippen LogP contribution in [0.3, 0.4) is 0 Å². The van der Waals surface area contributed by atoms with Crippen LogP contribution in [-0.2, 0) is 13.1 Å². The van der Waals surface area contributed by atoms with E-state index < -0.39 is 0 Å². The molecule has 0 fully saturated rings. The first kappa shape index (κ1) is 14.3. The number of rotatable bonds is 5. The summed E-state index contributed by atoms with van der Waals surface area (Å²) >= 11 is 5.44. The zero-order chi connectivity index (χ0) is 15.5. The number of fused-ring (bicyclic) bond motifs is 1. The van der Waals surface area contributed by atoms with Crippen LogP contribution in [-0.4, -0.2) is 14.3 Å². The standard InChI is InChI=1S/C16H14N4OS/c1-2-9-19-15(18-20(16(19)22)10-5-8-17)14-11-12-6-3-4-7-13(12)21-14/h2-4,6-7,11H,1,5,9-10H2. The number of benzene rings is 1. The van der Waals surface area contributed by atoms with Crippen molar-refractivity contribution in [3.8, 4) is 17.7 Å². The number of nitriles is 1. The van der Waals surface area contributed by atoms with Gasteiger partial charge in [-0.2, -0.15) is 5.26 Å². The number of allylic oxidation sites excluding steroid dienone is 1. The van der Waals surface area contributed by atoms with Crippen molar-refractivity contribution in [1.29, 1.82) is 5.26 Å². The Hall–Kier alpha value is -2.65. The SMILES string of the molecule is C=CCn1c(-c2cc3ccccc3o2)nn(CCC#N)c1=S. The maximum atomic E-state index is 8.74. The molecule has 0 amide bonds. The molecule has 0 saturated carbocycles. The second kappa shape index (κ2) is 6.00. The van der Waals surface area contributed by atoms with Gasteiger partial charge in [-0.05, 0) is 24.4 Å². The molecule has 0 radical (unpaired) electrons. The number of para-hydroxylation sites is 1. The van der Waals surface area contributed by atoms with Crippen molar-refractivity contribution in [2.45, 2.75) is 19.5 Å². The fourth-order valence-corrected chi connectivity index (χ4v) is 2.60. The molecule has 3 aromatic rings. The number of hydrogen-bond donors (Lipinski definition) is 0. The van der Waals surface area contributed by atoms with Crippen LogP contribution in [0.5, 0.6) is 0 Å². The predicted molar refractivity (Wildman–Crippen MR) is 86.7 cm³/mol. The molecule has 6 heteroatoms. The highest BCUT2D eigenvalue weighted by molar-refractivity contribution is 7.71. The van der Waals surface area contributed by atoms with Crippen LogP contribution >= 0.6 is 12.2 Å². The molecule has 0 aliphatic carbocycles. The summed E-state index contributed by atoms with van der Waals surface area (Å²) in [6, 6.07) is 11.8. The van der Waals surface area contributed by atoms with Crippen LogP contribution < -0.4 is 0 Å². The Bertz CT molecular complexity index is 893. The van der Waals surface area contributed by atoms with E-state index in [2.05, 4.69) is 17.7 Å². The van der Waals surface area contributed by atoms with Gasteiger partial charge in [-0.3, -0.25) is 4.57 Å². The topological polar surface area (TPSA) is 59.7 Å². The summed E-state index contributed by atoms with van der Waals surface area (Å²) < 4.78 is 9.95. The van der Waals surface area contributed by atoms with Gasteiger partial charge in [0.15, 0.2) is 16.4 Å². The number of aromatic nitrogens is 3. The Kier molecular flexibility index (Phi) is 3.90. The van der Waals surface area contributed by atoms with Crippen molar-refractivity contribution in [3.05, 3.63) is 47.8 Å². The Morgan fingerprint density at radius 2 is 2.23 bits per heavy atom. The highest BCUT2D eigenvalue weighted by atomic mass is 32.1. The zero-order valence-corrected chi connectivity index (χ0v) is 12.7. The second-order valence-electron chi connectivity index (χ2n) is 4.79. The van der Waals surface area contributed by atoms with Gasteiger partial charge in [-0.25, -0.2) is 4.68 Å². The molecule has 0 atom stereocenters. The molecule has 110 valence electrons. The van der Waals surface area contributed by atoms with Gasteiger partial charge < -0.3 is 4.42 Å². The van der Waals surface area contributed by atoms with Crippen molar-refractivity contribution in [1.82, 2.24) is 14.3 Å². The molecule has 3 rings (SSSR count). The highest BCUT2D eigenvalue weighted by Crippen LogP contribution is 2.27. The maximum Gasteiger partial charge on any atom is 0.198 e. The molecule has 0 bridgehead atoms. The fourth-order valence-electron chi connectivity index (χ4n) is 2.31. The molecule has 22 heavy (non-hydrogen) atoms. The Balaban J connectivity index is 2.14. The zero-order valence-electron chi connectivity index (χ0n) is 11.9. The molecular formula is C16H14N4OS. The molecule has 0 unspecified atom stereocenters. The van der Waals surface area contributed by atoms with Crippen LogP contribution in [0.15, 0.2) is 47.4 Å². The number of aryl methyl sites for hydroxylation is 1. The smallest absolute Gasteiger partial charge is 0.198 e. The lowest BCUT2D eigenvalue weighted by Crippen LogP contribution is -2.01. The summed E-state index contributed by atoms with van der Waals surface area (Å²) in [5.74, 6) is 1.31. The number of hydrogen-bond acceptors (Lipinski definition) is 4. The van der Waals surface area contributed by atoms with Gasteiger partial charge in [-0.15, -0.1) is 11.7 Å². The molecule has 0 aliphatic rings. The maximum absolute atomic E-state index is 8.74. The molecule has 5 nitrogen and oxygen atoms in total. The normalized spacial score (nSPS) is 10.7. The largest absolute Gasteiger partial charge is 0.453 e. The van der Waals surface area contributed by atoms with E-state index in [4.69, 9.17) is 21.9 Å². The monoisotopic (exact) mass is 310 g/mol. The summed E-state index contributed by atoms with van der Waals surface area (Å²) in [4.78, 5) is 0. The second-order valence-corrected chi connectivity index (χ2v) is 5.15.